The zero-order valence-electron chi connectivity index (χ0n) is 22.6. The number of anilines is 1. The molecule has 2 aromatic rings. The number of benzene rings is 1. The fourth-order valence-electron chi connectivity index (χ4n) is 6.89. The summed E-state index contributed by atoms with van der Waals surface area (Å²) in [5.74, 6) is 0.355. The number of sulfone groups is 1. The molecule has 5 rings (SSSR count). The normalized spacial score (nSPS) is 29.7. The van der Waals surface area contributed by atoms with Crippen LogP contribution in [-0.2, 0) is 25.8 Å². The van der Waals surface area contributed by atoms with E-state index < -0.39 is 27.6 Å². The van der Waals surface area contributed by atoms with Crippen LogP contribution in [0.5, 0.6) is 0 Å². The summed E-state index contributed by atoms with van der Waals surface area (Å²) in [5.41, 5.74) is 0.715. The van der Waals surface area contributed by atoms with E-state index in [1.165, 1.54) is 23.5 Å². The lowest BCUT2D eigenvalue weighted by molar-refractivity contribution is -0.144. The summed E-state index contributed by atoms with van der Waals surface area (Å²) in [5, 5.41) is 14.8. The summed E-state index contributed by atoms with van der Waals surface area (Å²) in [6, 6.07) is 7.94. The molecule has 3 aliphatic rings. The minimum atomic E-state index is -3.76. The van der Waals surface area contributed by atoms with Gasteiger partial charge in [-0.2, -0.15) is 11.8 Å². The average molecular weight is 592 g/mol. The summed E-state index contributed by atoms with van der Waals surface area (Å²) < 4.78 is 25.3. The number of hydrogen-bond acceptors (Lipinski definition) is 8. The molecule has 2 N–H and O–H groups in total. The lowest BCUT2D eigenvalue weighted by Crippen LogP contribution is -2.54. The number of aliphatic hydroxyl groups is 1. The van der Waals surface area contributed by atoms with Crippen molar-refractivity contribution in [2.24, 2.45) is 23.2 Å². The van der Waals surface area contributed by atoms with Gasteiger partial charge in [-0.25, -0.2) is 13.4 Å². The van der Waals surface area contributed by atoms with E-state index in [2.05, 4.69) is 19.2 Å². The fraction of sp³-hybridized carbons (Fsp3) is 0.607. The lowest BCUT2D eigenvalue weighted by atomic mass is 9.53. The number of fused-ring (bicyclic) bond motifs is 2. The van der Waals surface area contributed by atoms with E-state index in [0.717, 1.165) is 54.4 Å². The minimum absolute atomic E-state index is 0.0554. The number of aromatic nitrogens is 1. The van der Waals surface area contributed by atoms with Gasteiger partial charge in [0.2, 0.25) is 11.8 Å². The van der Waals surface area contributed by atoms with E-state index in [1.54, 1.807) is 18.2 Å². The van der Waals surface area contributed by atoms with Crippen LogP contribution in [-0.4, -0.2) is 71.7 Å². The van der Waals surface area contributed by atoms with E-state index in [-0.39, 0.29) is 39.9 Å². The third-order valence-corrected chi connectivity index (χ3v) is 12.5. The number of nitrogens with one attached hydrogen (secondary N) is 1. The second-order valence-corrected chi connectivity index (χ2v) is 15.8. The fourth-order valence-corrected chi connectivity index (χ4v) is 10.2. The first-order valence-electron chi connectivity index (χ1n) is 13.6. The summed E-state index contributed by atoms with van der Waals surface area (Å²) in [6.45, 7) is 7.82. The van der Waals surface area contributed by atoms with Crippen LogP contribution in [0.3, 0.4) is 0 Å². The van der Waals surface area contributed by atoms with E-state index in [9.17, 15) is 23.1 Å². The van der Waals surface area contributed by atoms with Crippen LogP contribution < -0.4 is 5.32 Å². The van der Waals surface area contributed by atoms with E-state index in [1.807, 2.05) is 23.6 Å². The van der Waals surface area contributed by atoms with Gasteiger partial charge >= 0.3 is 0 Å². The van der Waals surface area contributed by atoms with Gasteiger partial charge in [-0.05, 0) is 48.6 Å². The molecular weight excluding hydrogens is 555 g/mol. The topological polar surface area (TPSA) is 117 Å². The third-order valence-electron chi connectivity index (χ3n) is 8.95. The number of thiazole rings is 1. The first-order valence-corrected chi connectivity index (χ1v) is 17.2. The number of aliphatic hydroxyl groups excluding tert-OH is 1. The number of thioether (sulfide) groups is 1. The Bertz CT molecular complexity index is 1330. The van der Waals surface area contributed by atoms with Crippen molar-refractivity contribution < 1.29 is 23.1 Å². The summed E-state index contributed by atoms with van der Waals surface area (Å²) in [4.78, 5) is 33.8. The van der Waals surface area contributed by atoms with Gasteiger partial charge in [0.25, 0.3) is 0 Å². The summed E-state index contributed by atoms with van der Waals surface area (Å²) in [7, 11) is -3.76. The Morgan fingerprint density at radius 3 is 2.62 bits per heavy atom. The van der Waals surface area contributed by atoms with Crippen molar-refractivity contribution in [2.45, 2.75) is 57.0 Å². The average Bonchev–Trinajstić information content (AvgIpc) is 3.30. The van der Waals surface area contributed by atoms with Gasteiger partial charge in [-0.3, -0.25) is 9.59 Å². The Morgan fingerprint density at radius 2 is 1.92 bits per heavy atom. The van der Waals surface area contributed by atoms with Gasteiger partial charge in [0.05, 0.1) is 16.7 Å². The predicted octanol–water partition coefficient (Wildman–Crippen LogP) is 3.82. The molecule has 0 spiro atoms. The number of carbonyl (C=O) groups excluding carboxylic acids is 2. The van der Waals surface area contributed by atoms with Crippen LogP contribution in [0.4, 0.5) is 5.13 Å². The molecule has 1 saturated carbocycles. The smallest absolute Gasteiger partial charge is 0.241 e. The van der Waals surface area contributed by atoms with Gasteiger partial charge in [0.15, 0.2) is 15.0 Å². The highest BCUT2D eigenvalue weighted by atomic mass is 32.2. The molecule has 2 fully saturated rings. The van der Waals surface area contributed by atoms with Crippen LogP contribution in [0, 0.1) is 23.2 Å². The quantitative estimate of drug-likeness (QED) is 0.525. The van der Waals surface area contributed by atoms with Crippen molar-refractivity contribution in [3.63, 3.8) is 0 Å². The van der Waals surface area contributed by atoms with Gasteiger partial charge in [0, 0.05) is 41.3 Å². The Kier molecular flexibility index (Phi) is 8.16. The first-order chi connectivity index (χ1) is 18.5. The molecule has 1 saturated heterocycles. The highest BCUT2D eigenvalue weighted by Gasteiger charge is 2.54. The number of rotatable bonds is 6. The predicted molar refractivity (Wildman–Crippen MR) is 155 cm³/mol. The van der Waals surface area contributed by atoms with Gasteiger partial charge in [-0.15, -0.1) is 11.3 Å². The second kappa shape index (κ2) is 11.1. The maximum atomic E-state index is 13.3. The van der Waals surface area contributed by atoms with Gasteiger partial charge in [-0.1, -0.05) is 39.0 Å². The summed E-state index contributed by atoms with van der Waals surface area (Å²) in [6.07, 6.45) is 1.82. The SMILES string of the molecule is CC(C(=O)N1CCSCC1)C1CCC2(C)Cc3sc(NC(=O)CS(=O)(=O)c4ccccc4)nc3C(C)C2C1O. The molecule has 212 valence electrons. The monoisotopic (exact) mass is 591 g/mol. The molecule has 8 nitrogen and oxygen atoms in total. The van der Waals surface area contributed by atoms with E-state index >= 15 is 0 Å². The standard InChI is InChI=1S/C28H37N3O5S3/c1-17(26(34)31-11-13-37-14-12-31)20-9-10-28(3)15-21-24(18(2)23(28)25(20)33)30-27(38-21)29-22(32)16-39(35,36)19-7-5-4-6-8-19/h4-8,17-18,20,23,25,33H,9-16H2,1-3H3,(H,29,30,32). The molecule has 2 aliphatic carbocycles. The molecule has 6 atom stereocenters. The van der Waals surface area contributed by atoms with Crippen LogP contribution in [0.15, 0.2) is 35.2 Å². The molecular formula is C28H37N3O5S3. The minimum Gasteiger partial charge on any atom is -0.392 e. The van der Waals surface area contributed by atoms with E-state index in [4.69, 9.17) is 4.98 Å². The van der Waals surface area contributed by atoms with Gasteiger partial charge < -0.3 is 15.3 Å². The Hall–Kier alpha value is -1.95. The van der Waals surface area contributed by atoms with Crippen molar-refractivity contribution >= 4 is 49.9 Å². The Balaban J connectivity index is 1.30. The number of amides is 2. The molecule has 11 heteroatoms. The number of hydrogen-bond donors (Lipinski definition) is 2. The first kappa shape index (κ1) is 28.6. The van der Waals surface area contributed by atoms with Crippen LogP contribution in [0.1, 0.15) is 50.1 Å². The molecule has 2 amide bonds. The molecule has 1 aromatic heterocycles. The van der Waals surface area contributed by atoms with Crippen molar-refractivity contribution in [3.8, 4) is 0 Å². The van der Waals surface area contributed by atoms with Gasteiger partial charge in [0.1, 0.15) is 5.75 Å². The maximum Gasteiger partial charge on any atom is 0.241 e. The molecule has 1 aliphatic heterocycles. The summed E-state index contributed by atoms with van der Waals surface area (Å²) >= 11 is 3.27. The molecule has 39 heavy (non-hydrogen) atoms. The van der Waals surface area contributed by atoms with Crippen molar-refractivity contribution in [3.05, 3.63) is 40.9 Å². The Morgan fingerprint density at radius 1 is 1.23 bits per heavy atom. The van der Waals surface area contributed by atoms with Crippen LogP contribution >= 0.6 is 23.1 Å². The highest BCUT2D eigenvalue weighted by Crippen LogP contribution is 2.57. The second-order valence-electron chi connectivity index (χ2n) is 11.5. The van der Waals surface area contributed by atoms with Crippen LogP contribution in [0.25, 0.3) is 0 Å². The number of nitrogens with zero attached hydrogens (tertiary/aromatic N) is 2. The largest absolute Gasteiger partial charge is 0.392 e. The van der Waals surface area contributed by atoms with Crippen molar-refractivity contribution in [1.29, 1.82) is 0 Å². The zero-order valence-corrected chi connectivity index (χ0v) is 25.1. The maximum absolute atomic E-state index is 13.3. The Labute approximate surface area is 238 Å². The number of carbonyl (C=O) groups is 2. The van der Waals surface area contributed by atoms with Crippen molar-refractivity contribution in [1.82, 2.24) is 9.88 Å². The molecule has 2 heterocycles. The van der Waals surface area contributed by atoms with Crippen LogP contribution in [0.2, 0.25) is 0 Å². The highest BCUT2D eigenvalue weighted by molar-refractivity contribution is 7.99. The van der Waals surface area contributed by atoms with Crippen molar-refractivity contribution in [2.75, 3.05) is 35.7 Å². The molecule has 0 bridgehead atoms. The van der Waals surface area contributed by atoms with E-state index in [0.29, 0.717) is 5.13 Å². The third kappa shape index (κ3) is 5.64. The lowest BCUT2D eigenvalue weighted by Gasteiger charge is -2.53. The molecule has 6 unspecified atom stereocenters. The molecule has 0 radical (unpaired) electrons. The molecule has 1 aromatic carbocycles. The zero-order chi connectivity index (χ0) is 27.9.